The van der Waals surface area contributed by atoms with E-state index in [9.17, 15) is 4.79 Å². The van der Waals surface area contributed by atoms with Gasteiger partial charge in [-0.15, -0.1) is 0 Å². The smallest absolute Gasteiger partial charge is 0.249 e. The Kier molecular flexibility index (Phi) is 4.89. The predicted molar refractivity (Wildman–Crippen MR) is 71.8 cm³/mol. The van der Waals surface area contributed by atoms with Crippen LogP contribution >= 0.6 is 12.2 Å². The summed E-state index contributed by atoms with van der Waals surface area (Å²) in [5.74, 6) is -0.0918. The standard InChI is InChI=1S/C12H22N2O2S/c1-4-12(5-2,11(13)17)14-10(15)9-7-6-8(3)16-9/h8-9H,4-7H2,1-3H3,(H2,13,17)(H,14,15). The Balaban J connectivity index is 2.68. The maximum Gasteiger partial charge on any atom is 0.249 e. The molecule has 0 saturated carbocycles. The monoisotopic (exact) mass is 258 g/mol. The molecule has 3 N–H and O–H groups in total. The van der Waals surface area contributed by atoms with Crippen molar-refractivity contribution in [2.75, 3.05) is 0 Å². The highest BCUT2D eigenvalue weighted by atomic mass is 32.1. The Labute approximate surface area is 108 Å². The first-order valence-corrected chi connectivity index (χ1v) is 6.63. The molecule has 1 saturated heterocycles. The molecule has 0 radical (unpaired) electrons. The highest BCUT2D eigenvalue weighted by Crippen LogP contribution is 2.22. The molecular formula is C12H22N2O2S. The molecule has 0 bridgehead atoms. The summed E-state index contributed by atoms with van der Waals surface area (Å²) < 4.78 is 5.54. The lowest BCUT2D eigenvalue weighted by molar-refractivity contribution is -0.133. The van der Waals surface area contributed by atoms with Gasteiger partial charge in [-0.25, -0.2) is 0 Å². The Morgan fingerprint density at radius 3 is 2.41 bits per heavy atom. The summed E-state index contributed by atoms with van der Waals surface area (Å²) in [4.78, 5) is 12.4. The van der Waals surface area contributed by atoms with Crippen molar-refractivity contribution in [1.82, 2.24) is 5.32 Å². The lowest BCUT2D eigenvalue weighted by atomic mass is 9.92. The fraction of sp³-hybridized carbons (Fsp3) is 0.833. The molecule has 5 heteroatoms. The maximum atomic E-state index is 12.1. The summed E-state index contributed by atoms with van der Waals surface area (Å²) in [6, 6.07) is 0. The van der Waals surface area contributed by atoms with Crippen molar-refractivity contribution in [3.63, 3.8) is 0 Å². The third kappa shape index (κ3) is 3.16. The number of ether oxygens (including phenoxy) is 1. The van der Waals surface area contributed by atoms with Crippen LogP contribution in [0.2, 0.25) is 0 Å². The van der Waals surface area contributed by atoms with E-state index in [2.05, 4.69) is 5.32 Å². The lowest BCUT2D eigenvalue weighted by Crippen LogP contribution is -2.58. The van der Waals surface area contributed by atoms with E-state index in [0.717, 1.165) is 12.8 Å². The predicted octanol–water partition coefficient (Wildman–Crippen LogP) is 1.51. The van der Waals surface area contributed by atoms with Crippen LogP contribution < -0.4 is 11.1 Å². The third-order valence-corrected chi connectivity index (χ3v) is 3.96. The van der Waals surface area contributed by atoms with Gasteiger partial charge in [0.25, 0.3) is 0 Å². The first-order valence-electron chi connectivity index (χ1n) is 6.22. The van der Waals surface area contributed by atoms with Crippen LogP contribution in [-0.4, -0.2) is 28.6 Å². The van der Waals surface area contributed by atoms with Crippen LogP contribution in [0.5, 0.6) is 0 Å². The van der Waals surface area contributed by atoms with Crippen LogP contribution in [0.3, 0.4) is 0 Å². The van der Waals surface area contributed by atoms with Crippen LogP contribution in [0.25, 0.3) is 0 Å². The molecule has 2 atom stereocenters. The number of rotatable bonds is 5. The van der Waals surface area contributed by atoms with Gasteiger partial charge in [0.15, 0.2) is 0 Å². The van der Waals surface area contributed by atoms with E-state index < -0.39 is 5.54 Å². The minimum Gasteiger partial charge on any atom is -0.391 e. The SMILES string of the molecule is CCC(CC)(NC(=O)C1CCC(C)O1)C(N)=S. The molecule has 0 spiro atoms. The van der Waals surface area contributed by atoms with Crippen molar-refractivity contribution in [2.24, 2.45) is 5.73 Å². The van der Waals surface area contributed by atoms with Gasteiger partial charge in [0.2, 0.25) is 5.91 Å². The number of carbonyl (C=O) groups is 1. The van der Waals surface area contributed by atoms with Gasteiger partial charge >= 0.3 is 0 Å². The number of carbonyl (C=O) groups excluding carboxylic acids is 1. The molecule has 1 aliphatic heterocycles. The number of nitrogens with one attached hydrogen (secondary N) is 1. The van der Waals surface area contributed by atoms with Crippen LogP contribution in [0, 0.1) is 0 Å². The van der Waals surface area contributed by atoms with Gasteiger partial charge in [-0.2, -0.15) is 0 Å². The van der Waals surface area contributed by atoms with Crippen molar-refractivity contribution < 1.29 is 9.53 Å². The highest BCUT2D eigenvalue weighted by Gasteiger charge is 2.36. The van der Waals surface area contributed by atoms with Crippen molar-refractivity contribution in [3.05, 3.63) is 0 Å². The minimum absolute atomic E-state index is 0.0918. The van der Waals surface area contributed by atoms with Crippen LogP contribution in [0.4, 0.5) is 0 Å². The van der Waals surface area contributed by atoms with Gasteiger partial charge in [0, 0.05) is 0 Å². The molecule has 0 aromatic carbocycles. The summed E-state index contributed by atoms with van der Waals surface area (Å²) in [5.41, 5.74) is 5.18. The van der Waals surface area contributed by atoms with Gasteiger partial charge in [-0.05, 0) is 32.6 Å². The summed E-state index contributed by atoms with van der Waals surface area (Å²) in [6.45, 7) is 5.93. The highest BCUT2D eigenvalue weighted by molar-refractivity contribution is 7.80. The number of thiocarbonyl (C=S) groups is 1. The summed E-state index contributed by atoms with van der Waals surface area (Å²) >= 11 is 5.07. The van der Waals surface area contributed by atoms with Gasteiger partial charge in [0.05, 0.1) is 16.6 Å². The Morgan fingerprint density at radius 2 is 2.06 bits per heavy atom. The van der Waals surface area contributed by atoms with E-state index in [1.54, 1.807) is 0 Å². The largest absolute Gasteiger partial charge is 0.391 e. The summed E-state index contributed by atoms with van der Waals surface area (Å²) in [6.07, 6.45) is 2.91. The van der Waals surface area contributed by atoms with Crippen molar-refractivity contribution in [1.29, 1.82) is 0 Å². The number of hydrogen-bond donors (Lipinski definition) is 2. The molecule has 1 fully saturated rings. The van der Waals surface area contributed by atoms with E-state index >= 15 is 0 Å². The average molecular weight is 258 g/mol. The second kappa shape index (κ2) is 5.78. The Hall–Kier alpha value is -0.680. The second-order valence-electron chi connectivity index (χ2n) is 4.66. The van der Waals surface area contributed by atoms with Gasteiger partial charge < -0.3 is 15.8 Å². The molecule has 2 unspecified atom stereocenters. The number of amides is 1. The lowest BCUT2D eigenvalue weighted by Gasteiger charge is -2.32. The van der Waals surface area contributed by atoms with E-state index in [1.807, 2.05) is 20.8 Å². The van der Waals surface area contributed by atoms with Crippen molar-refractivity contribution in [2.45, 2.75) is 64.2 Å². The molecule has 1 heterocycles. The molecule has 0 aromatic rings. The second-order valence-corrected chi connectivity index (χ2v) is 5.10. The maximum absolute atomic E-state index is 12.1. The van der Waals surface area contributed by atoms with Crippen LogP contribution in [0.1, 0.15) is 46.5 Å². The zero-order valence-corrected chi connectivity index (χ0v) is 11.6. The van der Waals surface area contributed by atoms with E-state index in [0.29, 0.717) is 17.8 Å². The van der Waals surface area contributed by atoms with Crippen molar-refractivity contribution in [3.8, 4) is 0 Å². The zero-order valence-electron chi connectivity index (χ0n) is 10.8. The van der Waals surface area contributed by atoms with Gasteiger partial charge in [-0.1, -0.05) is 26.1 Å². The topological polar surface area (TPSA) is 64.3 Å². The quantitative estimate of drug-likeness (QED) is 0.734. The fourth-order valence-corrected chi connectivity index (χ4v) is 2.49. The van der Waals surface area contributed by atoms with Gasteiger partial charge in [0.1, 0.15) is 6.10 Å². The number of hydrogen-bond acceptors (Lipinski definition) is 3. The molecule has 0 aliphatic carbocycles. The summed E-state index contributed by atoms with van der Waals surface area (Å²) in [7, 11) is 0. The fourth-order valence-electron chi connectivity index (χ4n) is 2.15. The third-order valence-electron chi connectivity index (χ3n) is 3.57. The first kappa shape index (κ1) is 14.4. The van der Waals surface area contributed by atoms with Gasteiger partial charge in [-0.3, -0.25) is 4.79 Å². The zero-order chi connectivity index (χ0) is 13.1. The Morgan fingerprint density at radius 1 is 1.47 bits per heavy atom. The molecular weight excluding hydrogens is 236 g/mol. The molecule has 4 nitrogen and oxygen atoms in total. The van der Waals surface area contributed by atoms with E-state index in [4.69, 9.17) is 22.7 Å². The Bertz CT molecular complexity index is 303. The first-order chi connectivity index (χ1) is 7.95. The van der Waals surface area contributed by atoms with Crippen LogP contribution in [-0.2, 0) is 9.53 Å². The van der Waals surface area contributed by atoms with E-state index in [-0.39, 0.29) is 18.1 Å². The molecule has 98 valence electrons. The molecule has 1 aliphatic rings. The molecule has 1 amide bonds. The van der Waals surface area contributed by atoms with Crippen molar-refractivity contribution >= 4 is 23.1 Å². The number of nitrogens with two attached hydrogens (primary N) is 1. The molecule has 17 heavy (non-hydrogen) atoms. The van der Waals surface area contributed by atoms with Crippen LogP contribution in [0.15, 0.2) is 0 Å². The van der Waals surface area contributed by atoms with E-state index in [1.165, 1.54) is 0 Å². The normalized spacial score (nSPS) is 24.6. The average Bonchev–Trinajstić information content (AvgIpc) is 2.72. The minimum atomic E-state index is -0.568. The molecule has 0 aromatic heterocycles. The summed E-state index contributed by atoms with van der Waals surface area (Å²) in [5, 5.41) is 2.96. The molecule has 1 rings (SSSR count).